The molecule has 1 heterocycles. The highest BCUT2D eigenvalue weighted by Crippen LogP contribution is 2.29. The van der Waals surface area contributed by atoms with Crippen LogP contribution in [0.3, 0.4) is 0 Å². The van der Waals surface area contributed by atoms with E-state index in [0.717, 1.165) is 22.4 Å². The number of carbonyl (C=O) groups excluding carboxylic acids is 1. The first-order valence-electron chi connectivity index (χ1n) is 10.6. The molecule has 0 aromatic heterocycles. The van der Waals surface area contributed by atoms with E-state index < -0.39 is 10.0 Å². The minimum absolute atomic E-state index is 0.121. The smallest absolute Gasteiger partial charge is 0.243 e. The Morgan fingerprint density at radius 3 is 2.23 bits per heavy atom. The molecular weight excluding hydrogens is 396 g/mol. The molecule has 5 nitrogen and oxygen atoms in total. The van der Waals surface area contributed by atoms with Crippen LogP contribution in [0.25, 0.3) is 0 Å². The Morgan fingerprint density at radius 2 is 1.67 bits per heavy atom. The number of nitrogens with zero attached hydrogens (tertiary/aromatic N) is 1. The maximum absolute atomic E-state index is 13.4. The van der Waals surface area contributed by atoms with Gasteiger partial charge in [-0.2, -0.15) is 4.31 Å². The second-order valence-electron chi connectivity index (χ2n) is 8.70. The van der Waals surface area contributed by atoms with Crippen LogP contribution >= 0.6 is 0 Å². The van der Waals surface area contributed by atoms with Gasteiger partial charge in [-0.05, 0) is 68.4 Å². The summed E-state index contributed by atoms with van der Waals surface area (Å²) >= 11 is 0. The molecule has 1 aliphatic rings. The van der Waals surface area contributed by atoms with Crippen LogP contribution in [-0.4, -0.2) is 31.7 Å². The zero-order chi connectivity index (χ0) is 22.1. The highest BCUT2D eigenvalue weighted by molar-refractivity contribution is 7.89. The van der Waals surface area contributed by atoms with Gasteiger partial charge in [-0.3, -0.25) is 4.79 Å². The molecule has 162 valence electrons. The average molecular weight is 429 g/mol. The fraction of sp³-hybridized carbons (Fsp3) is 0.458. The molecule has 1 amide bonds. The lowest BCUT2D eigenvalue weighted by molar-refractivity contribution is -0.120. The standard InChI is InChI=1S/C24H32N2O3S/c1-16(2)20-8-10-22(11-9-20)25-24(27)21-7-6-12-26(15-21)30(28,29)23-18(4)13-17(3)14-19(23)5/h8-11,13-14,16,21H,6-7,12,15H2,1-5H3,(H,25,27). The Morgan fingerprint density at radius 1 is 1.07 bits per heavy atom. The predicted molar refractivity (Wildman–Crippen MR) is 121 cm³/mol. The number of hydrogen-bond donors (Lipinski definition) is 1. The molecule has 1 fully saturated rings. The van der Waals surface area contributed by atoms with Crippen LogP contribution in [0.4, 0.5) is 5.69 Å². The van der Waals surface area contributed by atoms with E-state index >= 15 is 0 Å². The lowest BCUT2D eigenvalue weighted by Gasteiger charge is -2.32. The molecule has 0 bridgehead atoms. The Labute approximate surface area is 180 Å². The first kappa shape index (κ1) is 22.5. The Hall–Kier alpha value is -2.18. The summed E-state index contributed by atoms with van der Waals surface area (Å²) in [5.74, 6) is -0.0468. The van der Waals surface area contributed by atoms with Crippen LogP contribution in [0.15, 0.2) is 41.3 Å². The van der Waals surface area contributed by atoms with Crippen LogP contribution < -0.4 is 5.32 Å². The van der Waals surface area contributed by atoms with Gasteiger partial charge in [0.15, 0.2) is 0 Å². The molecular formula is C24H32N2O3S. The van der Waals surface area contributed by atoms with Gasteiger partial charge in [0.05, 0.1) is 10.8 Å². The highest BCUT2D eigenvalue weighted by Gasteiger charge is 2.34. The van der Waals surface area contributed by atoms with Crippen molar-refractivity contribution in [1.82, 2.24) is 4.31 Å². The van der Waals surface area contributed by atoms with Gasteiger partial charge in [0.1, 0.15) is 0 Å². The van der Waals surface area contributed by atoms with E-state index in [9.17, 15) is 13.2 Å². The maximum atomic E-state index is 13.4. The normalized spacial score (nSPS) is 17.9. The number of aryl methyl sites for hydroxylation is 3. The van der Waals surface area contributed by atoms with E-state index in [2.05, 4.69) is 19.2 Å². The van der Waals surface area contributed by atoms with Crippen molar-refractivity contribution in [2.45, 2.75) is 58.3 Å². The molecule has 1 aliphatic heterocycles. The molecule has 0 radical (unpaired) electrons. The monoisotopic (exact) mass is 428 g/mol. The van der Waals surface area contributed by atoms with Gasteiger partial charge in [-0.15, -0.1) is 0 Å². The summed E-state index contributed by atoms with van der Waals surface area (Å²) in [6.07, 6.45) is 1.36. The summed E-state index contributed by atoms with van der Waals surface area (Å²) < 4.78 is 28.2. The lowest BCUT2D eigenvalue weighted by atomic mass is 9.98. The molecule has 1 saturated heterocycles. The quantitative estimate of drug-likeness (QED) is 0.746. The maximum Gasteiger partial charge on any atom is 0.243 e. The van der Waals surface area contributed by atoms with E-state index in [4.69, 9.17) is 0 Å². The number of nitrogens with one attached hydrogen (secondary N) is 1. The number of carbonyl (C=O) groups is 1. The van der Waals surface area contributed by atoms with E-state index in [1.807, 2.05) is 57.2 Å². The average Bonchev–Trinajstić information content (AvgIpc) is 2.67. The van der Waals surface area contributed by atoms with Gasteiger partial charge in [0.25, 0.3) is 0 Å². The van der Waals surface area contributed by atoms with Crippen molar-refractivity contribution in [3.63, 3.8) is 0 Å². The van der Waals surface area contributed by atoms with Crippen LogP contribution in [0.2, 0.25) is 0 Å². The summed E-state index contributed by atoms with van der Waals surface area (Å²) in [6, 6.07) is 11.6. The Kier molecular flexibility index (Phi) is 6.68. The Bertz CT molecular complexity index is 1000. The number of hydrogen-bond acceptors (Lipinski definition) is 3. The van der Waals surface area contributed by atoms with Crippen molar-refractivity contribution in [2.75, 3.05) is 18.4 Å². The van der Waals surface area contributed by atoms with E-state index in [1.54, 1.807) is 0 Å². The highest BCUT2D eigenvalue weighted by atomic mass is 32.2. The second-order valence-corrected chi connectivity index (χ2v) is 10.6. The summed E-state index contributed by atoms with van der Waals surface area (Å²) in [6.45, 7) is 10.5. The largest absolute Gasteiger partial charge is 0.326 e. The van der Waals surface area contributed by atoms with E-state index in [1.165, 1.54) is 9.87 Å². The van der Waals surface area contributed by atoms with Crippen LogP contribution in [0.5, 0.6) is 0 Å². The molecule has 1 unspecified atom stereocenters. The molecule has 2 aromatic rings. The first-order chi connectivity index (χ1) is 14.1. The third-order valence-corrected chi connectivity index (χ3v) is 7.97. The second kappa shape index (κ2) is 8.90. The molecule has 6 heteroatoms. The zero-order valence-corrected chi connectivity index (χ0v) is 19.3. The van der Waals surface area contributed by atoms with Gasteiger partial charge < -0.3 is 5.32 Å². The molecule has 30 heavy (non-hydrogen) atoms. The summed E-state index contributed by atoms with van der Waals surface area (Å²) in [5.41, 5.74) is 4.51. The minimum atomic E-state index is -3.64. The fourth-order valence-corrected chi connectivity index (χ4v) is 6.21. The van der Waals surface area contributed by atoms with Crippen LogP contribution in [-0.2, 0) is 14.8 Å². The Balaban J connectivity index is 1.75. The van der Waals surface area contributed by atoms with Gasteiger partial charge >= 0.3 is 0 Å². The van der Waals surface area contributed by atoms with Crippen molar-refractivity contribution in [2.24, 2.45) is 5.92 Å². The first-order valence-corrected chi connectivity index (χ1v) is 12.0. The molecule has 0 aliphatic carbocycles. The van der Waals surface area contributed by atoms with Crippen LogP contribution in [0, 0.1) is 26.7 Å². The molecule has 1 atom stereocenters. The summed E-state index contributed by atoms with van der Waals surface area (Å²) in [5, 5.41) is 2.96. The minimum Gasteiger partial charge on any atom is -0.326 e. The SMILES string of the molecule is Cc1cc(C)c(S(=O)(=O)N2CCCC(C(=O)Nc3ccc(C(C)C)cc3)C2)c(C)c1. The van der Waals surface area contributed by atoms with Crippen molar-refractivity contribution in [3.05, 3.63) is 58.7 Å². The zero-order valence-electron chi connectivity index (χ0n) is 18.5. The molecule has 0 spiro atoms. The topological polar surface area (TPSA) is 66.5 Å². The molecule has 1 N–H and O–H groups in total. The van der Waals surface area contributed by atoms with E-state index in [0.29, 0.717) is 30.2 Å². The fourth-order valence-electron chi connectivity index (χ4n) is 4.27. The van der Waals surface area contributed by atoms with Crippen LogP contribution in [0.1, 0.15) is 54.9 Å². The van der Waals surface area contributed by atoms with Gasteiger partial charge in [-0.1, -0.05) is 43.7 Å². The number of anilines is 1. The van der Waals surface area contributed by atoms with Crippen molar-refractivity contribution < 1.29 is 13.2 Å². The number of rotatable bonds is 5. The predicted octanol–water partition coefficient (Wildman–Crippen LogP) is 4.77. The third kappa shape index (κ3) is 4.76. The lowest BCUT2D eigenvalue weighted by Crippen LogP contribution is -2.44. The molecule has 3 rings (SSSR count). The number of amides is 1. The van der Waals surface area contributed by atoms with Crippen molar-refractivity contribution in [3.8, 4) is 0 Å². The van der Waals surface area contributed by atoms with Gasteiger partial charge in [0, 0.05) is 18.8 Å². The third-order valence-electron chi connectivity index (χ3n) is 5.80. The van der Waals surface area contributed by atoms with Crippen molar-refractivity contribution >= 4 is 21.6 Å². The van der Waals surface area contributed by atoms with Gasteiger partial charge in [-0.25, -0.2) is 8.42 Å². The molecule has 0 saturated carbocycles. The number of benzene rings is 2. The summed E-state index contributed by atoms with van der Waals surface area (Å²) in [4.78, 5) is 13.2. The molecule has 2 aromatic carbocycles. The summed E-state index contributed by atoms with van der Waals surface area (Å²) in [7, 11) is -3.64. The number of piperidine rings is 1. The van der Waals surface area contributed by atoms with Crippen molar-refractivity contribution in [1.29, 1.82) is 0 Å². The number of sulfonamides is 1. The van der Waals surface area contributed by atoms with Gasteiger partial charge in [0.2, 0.25) is 15.9 Å². The van der Waals surface area contributed by atoms with E-state index in [-0.39, 0.29) is 18.4 Å².